The molecule has 0 aliphatic carbocycles. The Balaban J connectivity index is 2.81. The molecule has 4 heteroatoms. The van der Waals surface area contributed by atoms with Crippen LogP contribution in [0.2, 0.25) is 0 Å². The summed E-state index contributed by atoms with van der Waals surface area (Å²) < 4.78 is 10.3. The van der Waals surface area contributed by atoms with Gasteiger partial charge in [-0.3, -0.25) is 0 Å². The molecule has 0 aliphatic heterocycles. The van der Waals surface area contributed by atoms with Crippen LogP contribution in [-0.4, -0.2) is 25.2 Å². The van der Waals surface area contributed by atoms with Crippen LogP contribution in [0.15, 0.2) is 12.3 Å². The number of pyridine rings is 1. The number of ether oxygens (including phenoxy) is 2. The molecule has 0 spiro atoms. The van der Waals surface area contributed by atoms with Gasteiger partial charge in [-0.05, 0) is 19.8 Å². The van der Waals surface area contributed by atoms with Crippen molar-refractivity contribution in [3.8, 4) is 11.6 Å². The second-order valence-electron chi connectivity index (χ2n) is 3.55. The Hall–Kier alpha value is -1.29. The largest absolute Gasteiger partial charge is 0.495 e. The van der Waals surface area contributed by atoms with Crippen molar-refractivity contribution in [1.29, 1.82) is 0 Å². The van der Waals surface area contributed by atoms with E-state index in [2.05, 4.69) is 4.98 Å². The lowest BCUT2D eigenvalue weighted by atomic mass is 10.1. The summed E-state index contributed by atoms with van der Waals surface area (Å²) in [7, 11) is 3.24. The minimum Gasteiger partial charge on any atom is -0.495 e. The van der Waals surface area contributed by atoms with E-state index in [1.165, 1.54) is 0 Å². The molecule has 4 nitrogen and oxygen atoms in total. The molecule has 1 atom stereocenters. The van der Waals surface area contributed by atoms with Gasteiger partial charge in [-0.2, -0.15) is 0 Å². The van der Waals surface area contributed by atoms with E-state index in [-0.39, 0.29) is 6.04 Å². The van der Waals surface area contributed by atoms with E-state index in [1.807, 2.05) is 13.0 Å². The molecule has 0 saturated heterocycles. The number of rotatable bonds is 5. The van der Waals surface area contributed by atoms with E-state index in [0.717, 1.165) is 24.2 Å². The first-order valence-electron chi connectivity index (χ1n) is 5.00. The molecule has 84 valence electrons. The number of hydrogen-bond acceptors (Lipinski definition) is 4. The topological polar surface area (TPSA) is 57.4 Å². The molecular formula is C11H18N2O2. The molecule has 1 aromatic heterocycles. The van der Waals surface area contributed by atoms with Crippen LogP contribution in [0.4, 0.5) is 0 Å². The lowest BCUT2D eigenvalue weighted by Crippen LogP contribution is -2.15. The predicted octanol–water partition coefficient (Wildman–Crippen LogP) is 1.38. The number of aryl methyl sites for hydroxylation is 1. The Morgan fingerprint density at radius 2 is 2.13 bits per heavy atom. The summed E-state index contributed by atoms with van der Waals surface area (Å²) in [5, 5.41) is 0. The lowest BCUT2D eigenvalue weighted by molar-refractivity contribution is 0.383. The summed E-state index contributed by atoms with van der Waals surface area (Å²) >= 11 is 0. The van der Waals surface area contributed by atoms with E-state index < -0.39 is 0 Å². The molecular weight excluding hydrogens is 192 g/mol. The zero-order chi connectivity index (χ0) is 11.3. The molecule has 0 aliphatic rings. The van der Waals surface area contributed by atoms with Gasteiger partial charge in [-0.15, -0.1) is 0 Å². The highest BCUT2D eigenvalue weighted by Gasteiger charge is 2.06. The fourth-order valence-corrected chi connectivity index (χ4v) is 1.34. The first-order chi connectivity index (χ1) is 7.17. The number of nitrogens with zero attached hydrogens (tertiary/aromatic N) is 1. The van der Waals surface area contributed by atoms with Crippen LogP contribution < -0.4 is 15.2 Å². The van der Waals surface area contributed by atoms with Crippen molar-refractivity contribution in [3.63, 3.8) is 0 Å². The zero-order valence-electron chi connectivity index (χ0n) is 9.49. The van der Waals surface area contributed by atoms with Crippen LogP contribution in [-0.2, 0) is 6.42 Å². The lowest BCUT2D eigenvalue weighted by Gasteiger charge is -2.10. The zero-order valence-corrected chi connectivity index (χ0v) is 9.49. The van der Waals surface area contributed by atoms with Crippen LogP contribution in [0.3, 0.4) is 0 Å². The Morgan fingerprint density at radius 1 is 1.40 bits per heavy atom. The molecule has 0 saturated carbocycles. The monoisotopic (exact) mass is 210 g/mol. The molecule has 1 rings (SSSR count). The molecule has 15 heavy (non-hydrogen) atoms. The number of hydrogen-bond donors (Lipinski definition) is 1. The summed E-state index contributed by atoms with van der Waals surface area (Å²) in [5.74, 6) is 1.40. The van der Waals surface area contributed by atoms with Gasteiger partial charge in [0.25, 0.3) is 0 Å². The quantitative estimate of drug-likeness (QED) is 0.797. The molecule has 0 bridgehead atoms. The van der Waals surface area contributed by atoms with E-state index >= 15 is 0 Å². The molecule has 1 aromatic rings. The predicted molar refractivity (Wildman–Crippen MR) is 59.3 cm³/mol. The van der Waals surface area contributed by atoms with Crippen molar-refractivity contribution in [2.24, 2.45) is 5.73 Å². The molecule has 0 unspecified atom stereocenters. The standard InChI is InChI=1S/C11H18N2O2/c1-8(12)4-5-9-6-11(15-3)13-7-10(9)14-2/h6-8H,4-5,12H2,1-3H3/t8-/m0/s1. The van der Waals surface area contributed by atoms with Crippen molar-refractivity contribution in [3.05, 3.63) is 17.8 Å². The van der Waals surface area contributed by atoms with Crippen LogP contribution in [0.25, 0.3) is 0 Å². The number of aromatic nitrogens is 1. The van der Waals surface area contributed by atoms with Gasteiger partial charge in [0, 0.05) is 17.7 Å². The summed E-state index contributed by atoms with van der Waals surface area (Å²) in [6.07, 6.45) is 3.47. The average molecular weight is 210 g/mol. The molecule has 0 radical (unpaired) electrons. The molecule has 0 amide bonds. The van der Waals surface area contributed by atoms with E-state index in [9.17, 15) is 0 Å². The number of methoxy groups -OCH3 is 2. The molecule has 2 N–H and O–H groups in total. The maximum Gasteiger partial charge on any atom is 0.213 e. The first kappa shape index (κ1) is 11.8. The summed E-state index contributed by atoms with van der Waals surface area (Å²) in [5.41, 5.74) is 6.80. The van der Waals surface area contributed by atoms with Gasteiger partial charge in [0.1, 0.15) is 5.75 Å². The Morgan fingerprint density at radius 3 is 2.67 bits per heavy atom. The summed E-state index contributed by atoms with van der Waals surface area (Å²) in [4.78, 5) is 4.08. The van der Waals surface area contributed by atoms with Gasteiger partial charge in [0.2, 0.25) is 5.88 Å². The fraction of sp³-hybridized carbons (Fsp3) is 0.545. The summed E-state index contributed by atoms with van der Waals surface area (Å²) in [6.45, 7) is 1.99. The maximum atomic E-state index is 5.71. The van der Waals surface area contributed by atoms with Gasteiger partial charge in [0.15, 0.2) is 0 Å². The second-order valence-corrected chi connectivity index (χ2v) is 3.55. The summed E-state index contributed by atoms with van der Waals surface area (Å²) in [6, 6.07) is 2.08. The van der Waals surface area contributed by atoms with Crippen molar-refractivity contribution in [1.82, 2.24) is 4.98 Å². The normalized spacial score (nSPS) is 12.3. The van der Waals surface area contributed by atoms with Crippen molar-refractivity contribution >= 4 is 0 Å². The van der Waals surface area contributed by atoms with Crippen LogP contribution in [0.5, 0.6) is 11.6 Å². The highest BCUT2D eigenvalue weighted by molar-refractivity contribution is 5.34. The van der Waals surface area contributed by atoms with Gasteiger partial charge in [0.05, 0.1) is 20.4 Å². The fourth-order valence-electron chi connectivity index (χ4n) is 1.34. The molecule has 1 heterocycles. The van der Waals surface area contributed by atoms with Gasteiger partial charge < -0.3 is 15.2 Å². The maximum absolute atomic E-state index is 5.71. The first-order valence-corrected chi connectivity index (χ1v) is 5.00. The smallest absolute Gasteiger partial charge is 0.213 e. The van der Waals surface area contributed by atoms with E-state index in [4.69, 9.17) is 15.2 Å². The SMILES string of the molecule is COc1cc(CC[C@H](C)N)c(OC)cn1. The minimum atomic E-state index is 0.189. The van der Waals surface area contributed by atoms with E-state index in [0.29, 0.717) is 5.88 Å². The highest BCUT2D eigenvalue weighted by atomic mass is 16.5. The molecule has 0 fully saturated rings. The Labute approximate surface area is 90.4 Å². The minimum absolute atomic E-state index is 0.189. The highest BCUT2D eigenvalue weighted by Crippen LogP contribution is 2.22. The van der Waals surface area contributed by atoms with E-state index in [1.54, 1.807) is 20.4 Å². The van der Waals surface area contributed by atoms with Crippen molar-refractivity contribution < 1.29 is 9.47 Å². The average Bonchev–Trinajstić information content (AvgIpc) is 2.25. The third-order valence-corrected chi connectivity index (χ3v) is 2.22. The number of nitrogens with two attached hydrogens (primary N) is 1. The molecule has 0 aromatic carbocycles. The van der Waals surface area contributed by atoms with Gasteiger partial charge >= 0.3 is 0 Å². The van der Waals surface area contributed by atoms with Crippen LogP contribution >= 0.6 is 0 Å². The Bertz CT molecular complexity index is 313. The van der Waals surface area contributed by atoms with Crippen LogP contribution in [0.1, 0.15) is 18.9 Å². The third kappa shape index (κ3) is 3.40. The van der Waals surface area contributed by atoms with Gasteiger partial charge in [-0.25, -0.2) is 4.98 Å². The Kier molecular flexibility index (Phi) is 4.37. The van der Waals surface area contributed by atoms with Crippen LogP contribution in [0, 0.1) is 0 Å². The second kappa shape index (κ2) is 5.56. The third-order valence-electron chi connectivity index (χ3n) is 2.22. The van der Waals surface area contributed by atoms with Crippen molar-refractivity contribution in [2.45, 2.75) is 25.8 Å². The van der Waals surface area contributed by atoms with Crippen molar-refractivity contribution in [2.75, 3.05) is 14.2 Å². The van der Waals surface area contributed by atoms with Gasteiger partial charge in [-0.1, -0.05) is 0 Å².